The molecule has 104 valence electrons. The van der Waals surface area contributed by atoms with Gasteiger partial charge in [-0.05, 0) is 17.7 Å². The average molecular weight is 271 g/mol. The maximum atomic E-state index is 10.0. The van der Waals surface area contributed by atoms with E-state index in [0.29, 0.717) is 24.5 Å². The molecule has 1 aromatic heterocycles. The Balaban J connectivity index is 1.82. The number of hydrogen-bond acceptors (Lipinski definition) is 5. The molecule has 20 heavy (non-hydrogen) atoms. The molecule has 1 atom stereocenters. The molecule has 2 aromatic rings. The SMILES string of the molecule is CCc1cnc(CNCC(O)c2ccc(C#N)cc2)o1. The van der Waals surface area contributed by atoms with Crippen LogP contribution < -0.4 is 5.32 Å². The first-order valence-corrected chi connectivity index (χ1v) is 6.55. The first-order valence-electron chi connectivity index (χ1n) is 6.55. The zero-order chi connectivity index (χ0) is 14.4. The molecule has 1 heterocycles. The molecular formula is C15H17N3O2. The third kappa shape index (κ3) is 3.67. The standard InChI is InChI=1S/C15H17N3O2/c1-2-13-8-18-15(20-13)10-17-9-14(19)12-5-3-11(7-16)4-6-12/h3-6,8,14,17,19H,2,9-10H2,1H3. The van der Waals surface area contributed by atoms with E-state index in [4.69, 9.17) is 9.68 Å². The van der Waals surface area contributed by atoms with E-state index in [1.807, 2.05) is 13.0 Å². The Hall–Kier alpha value is -2.16. The van der Waals surface area contributed by atoms with Crippen molar-refractivity contribution in [3.63, 3.8) is 0 Å². The number of aryl methyl sites for hydroxylation is 1. The minimum absolute atomic E-state index is 0.399. The number of aliphatic hydroxyl groups excluding tert-OH is 1. The maximum absolute atomic E-state index is 10.0. The minimum atomic E-state index is -0.622. The summed E-state index contributed by atoms with van der Waals surface area (Å²) in [7, 11) is 0. The fourth-order valence-electron chi connectivity index (χ4n) is 1.81. The van der Waals surface area contributed by atoms with Crippen LogP contribution in [-0.2, 0) is 13.0 Å². The highest BCUT2D eigenvalue weighted by molar-refractivity contribution is 5.32. The molecule has 0 saturated carbocycles. The molecule has 5 heteroatoms. The topological polar surface area (TPSA) is 82.1 Å². The van der Waals surface area contributed by atoms with E-state index < -0.39 is 6.10 Å². The van der Waals surface area contributed by atoms with Gasteiger partial charge in [0.15, 0.2) is 0 Å². The van der Waals surface area contributed by atoms with Crippen molar-refractivity contribution in [1.82, 2.24) is 10.3 Å². The van der Waals surface area contributed by atoms with E-state index in [1.165, 1.54) is 0 Å². The number of nitriles is 1. The lowest BCUT2D eigenvalue weighted by atomic mass is 10.1. The van der Waals surface area contributed by atoms with Crippen LogP contribution in [0, 0.1) is 11.3 Å². The van der Waals surface area contributed by atoms with Crippen LogP contribution in [0.2, 0.25) is 0 Å². The lowest BCUT2D eigenvalue weighted by Gasteiger charge is -2.11. The van der Waals surface area contributed by atoms with Crippen LogP contribution in [0.5, 0.6) is 0 Å². The van der Waals surface area contributed by atoms with Gasteiger partial charge in [-0.25, -0.2) is 4.98 Å². The Labute approximate surface area is 117 Å². The lowest BCUT2D eigenvalue weighted by molar-refractivity contribution is 0.173. The summed E-state index contributed by atoms with van der Waals surface area (Å²) in [5.74, 6) is 1.48. The van der Waals surface area contributed by atoms with Gasteiger partial charge in [0.2, 0.25) is 5.89 Å². The van der Waals surface area contributed by atoms with Gasteiger partial charge in [0.1, 0.15) is 5.76 Å². The van der Waals surface area contributed by atoms with Gasteiger partial charge in [0.25, 0.3) is 0 Å². The summed E-state index contributed by atoms with van der Waals surface area (Å²) in [4.78, 5) is 4.13. The smallest absolute Gasteiger partial charge is 0.208 e. The second-order valence-corrected chi connectivity index (χ2v) is 4.45. The van der Waals surface area contributed by atoms with Crippen molar-refractivity contribution in [3.05, 3.63) is 53.2 Å². The van der Waals surface area contributed by atoms with Crippen LogP contribution in [0.25, 0.3) is 0 Å². The molecule has 5 nitrogen and oxygen atoms in total. The maximum Gasteiger partial charge on any atom is 0.208 e. The fraction of sp³-hybridized carbons (Fsp3) is 0.333. The van der Waals surface area contributed by atoms with Crippen molar-refractivity contribution < 1.29 is 9.52 Å². The molecule has 0 amide bonds. The molecule has 0 saturated heterocycles. The van der Waals surface area contributed by atoms with Crippen LogP contribution in [0.4, 0.5) is 0 Å². The summed E-state index contributed by atoms with van der Waals surface area (Å²) >= 11 is 0. The highest BCUT2D eigenvalue weighted by Crippen LogP contribution is 2.13. The van der Waals surface area contributed by atoms with E-state index in [-0.39, 0.29) is 0 Å². The summed E-state index contributed by atoms with van der Waals surface area (Å²) < 4.78 is 5.46. The van der Waals surface area contributed by atoms with E-state index in [9.17, 15) is 5.11 Å². The molecule has 0 bridgehead atoms. The van der Waals surface area contributed by atoms with Crippen molar-refractivity contribution in [3.8, 4) is 6.07 Å². The van der Waals surface area contributed by atoms with Crippen LogP contribution in [-0.4, -0.2) is 16.6 Å². The lowest BCUT2D eigenvalue weighted by Crippen LogP contribution is -2.21. The number of aromatic nitrogens is 1. The quantitative estimate of drug-likeness (QED) is 0.839. The average Bonchev–Trinajstić information content (AvgIpc) is 2.95. The molecule has 0 fully saturated rings. The minimum Gasteiger partial charge on any atom is -0.444 e. The number of aliphatic hydroxyl groups is 1. The van der Waals surface area contributed by atoms with Gasteiger partial charge in [-0.2, -0.15) is 5.26 Å². The van der Waals surface area contributed by atoms with Crippen LogP contribution in [0.3, 0.4) is 0 Å². The van der Waals surface area contributed by atoms with E-state index in [2.05, 4.69) is 10.3 Å². The molecular weight excluding hydrogens is 254 g/mol. The first kappa shape index (κ1) is 14.3. The van der Waals surface area contributed by atoms with Gasteiger partial charge in [-0.15, -0.1) is 0 Å². The normalized spacial score (nSPS) is 12.1. The summed E-state index contributed by atoms with van der Waals surface area (Å²) in [5, 5.41) is 21.8. The number of benzene rings is 1. The number of nitrogens with one attached hydrogen (secondary N) is 1. The molecule has 1 aromatic carbocycles. The molecule has 1 unspecified atom stereocenters. The molecule has 0 radical (unpaired) electrons. The number of rotatable bonds is 6. The largest absolute Gasteiger partial charge is 0.444 e. The van der Waals surface area contributed by atoms with E-state index >= 15 is 0 Å². The van der Waals surface area contributed by atoms with Crippen molar-refractivity contribution in [2.24, 2.45) is 0 Å². The monoisotopic (exact) mass is 271 g/mol. The van der Waals surface area contributed by atoms with Crippen LogP contribution in [0.15, 0.2) is 34.9 Å². The van der Waals surface area contributed by atoms with Gasteiger partial charge in [0.05, 0.1) is 30.5 Å². The third-order valence-corrected chi connectivity index (χ3v) is 2.99. The molecule has 2 N–H and O–H groups in total. The Morgan fingerprint density at radius 1 is 1.40 bits per heavy atom. The zero-order valence-corrected chi connectivity index (χ0v) is 11.3. The number of nitrogens with zero attached hydrogens (tertiary/aromatic N) is 2. The van der Waals surface area contributed by atoms with E-state index in [0.717, 1.165) is 17.7 Å². The predicted molar refractivity (Wildman–Crippen MR) is 73.7 cm³/mol. The van der Waals surface area contributed by atoms with Crippen molar-refractivity contribution in [2.45, 2.75) is 26.0 Å². The third-order valence-electron chi connectivity index (χ3n) is 2.99. The summed E-state index contributed by atoms with van der Waals surface area (Å²) in [5.41, 5.74) is 1.36. The molecule has 2 rings (SSSR count). The molecule has 0 aliphatic carbocycles. The van der Waals surface area contributed by atoms with Gasteiger partial charge >= 0.3 is 0 Å². The summed E-state index contributed by atoms with van der Waals surface area (Å²) in [6.45, 7) is 2.88. The predicted octanol–water partition coefficient (Wildman–Crippen LogP) is 1.93. The second-order valence-electron chi connectivity index (χ2n) is 4.45. The van der Waals surface area contributed by atoms with Gasteiger partial charge in [0, 0.05) is 13.0 Å². The van der Waals surface area contributed by atoms with Gasteiger partial charge < -0.3 is 14.8 Å². The van der Waals surface area contributed by atoms with E-state index in [1.54, 1.807) is 30.5 Å². The van der Waals surface area contributed by atoms with Crippen LogP contribution in [0.1, 0.15) is 35.8 Å². The molecule has 0 aliphatic heterocycles. The zero-order valence-electron chi connectivity index (χ0n) is 11.3. The summed E-state index contributed by atoms with van der Waals surface area (Å²) in [6.07, 6.45) is 1.91. The van der Waals surface area contributed by atoms with Gasteiger partial charge in [-0.1, -0.05) is 19.1 Å². The Bertz CT molecular complexity index is 584. The second kappa shape index (κ2) is 6.85. The number of hydrogen-bond donors (Lipinski definition) is 2. The Kier molecular flexibility index (Phi) is 4.88. The molecule has 0 spiro atoms. The highest BCUT2D eigenvalue weighted by atomic mass is 16.4. The summed E-state index contributed by atoms with van der Waals surface area (Å²) in [6, 6.07) is 8.95. The highest BCUT2D eigenvalue weighted by Gasteiger charge is 2.08. The van der Waals surface area contributed by atoms with Crippen LogP contribution >= 0.6 is 0 Å². The van der Waals surface area contributed by atoms with Crippen molar-refractivity contribution >= 4 is 0 Å². The van der Waals surface area contributed by atoms with Crippen molar-refractivity contribution in [2.75, 3.05) is 6.54 Å². The molecule has 0 aliphatic rings. The first-order chi connectivity index (χ1) is 9.72. The fourth-order valence-corrected chi connectivity index (χ4v) is 1.81. The van der Waals surface area contributed by atoms with Crippen molar-refractivity contribution in [1.29, 1.82) is 5.26 Å². The Morgan fingerprint density at radius 2 is 2.15 bits per heavy atom. The number of oxazole rings is 1. The Morgan fingerprint density at radius 3 is 2.75 bits per heavy atom. The van der Waals surface area contributed by atoms with Gasteiger partial charge in [-0.3, -0.25) is 0 Å².